The highest BCUT2D eigenvalue weighted by Crippen LogP contribution is 2.24. The predicted octanol–water partition coefficient (Wildman–Crippen LogP) is 2.42. The zero-order chi connectivity index (χ0) is 10.7. The molecule has 1 aliphatic rings. The number of aromatic nitrogens is 1. The monoisotopic (exact) mass is 225 g/mol. The van der Waals surface area contributed by atoms with Crippen molar-refractivity contribution in [3.63, 3.8) is 0 Å². The van der Waals surface area contributed by atoms with E-state index in [1.807, 2.05) is 12.1 Å². The molecule has 0 bridgehead atoms. The lowest BCUT2D eigenvalue weighted by molar-refractivity contribution is 0.403. The van der Waals surface area contributed by atoms with Crippen LogP contribution in [0.15, 0.2) is 18.3 Å². The minimum atomic E-state index is 0.219. The molecule has 1 heterocycles. The zero-order valence-corrected chi connectivity index (χ0v) is 9.37. The van der Waals surface area contributed by atoms with Gasteiger partial charge in [0.1, 0.15) is 5.82 Å². The second-order valence-corrected chi connectivity index (χ2v) is 4.44. The van der Waals surface area contributed by atoms with Gasteiger partial charge >= 0.3 is 0 Å². The van der Waals surface area contributed by atoms with E-state index in [1.165, 1.54) is 12.8 Å². The number of rotatable bonds is 2. The highest BCUT2D eigenvalue weighted by Gasteiger charge is 2.22. The molecule has 4 heteroatoms. The van der Waals surface area contributed by atoms with Gasteiger partial charge in [0, 0.05) is 18.3 Å². The Morgan fingerprint density at radius 1 is 1.40 bits per heavy atom. The number of anilines is 1. The van der Waals surface area contributed by atoms with Gasteiger partial charge in [-0.2, -0.15) is 0 Å². The Kier molecular flexibility index (Phi) is 3.44. The molecule has 0 radical (unpaired) electrons. The predicted molar refractivity (Wildman–Crippen MR) is 63.1 cm³/mol. The summed E-state index contributed by atoms with van der Waals surface area (Å²) in [7, 11) is 0. The molecular weight excluding hydrogens is 210 g/mol. The molecule has 0 aromatic carbocycles. The number of halogens is 1. The first-order valence-corrected chi connectivity index (χ1v) is 5.78. The summed E-state index contributed by atoms with van der Waals surface area (Å²) in [6.07, 6.45) is 6.39. The molecule has 1 fully saturated rings. The first-order valence-electron chi connectivity index (χ1n) is 5.40. The molecular formula is C11H16ClN3. The molecule has 2 rings (SSSR count). The lowest BCUT2D eigenvalue weighted by Crippen LogP contribution is -2.42. The largest absolute Gasteiger partial charge is 0.365 e. The molecule has 3 N–H and O–H groups in total. The van der Waals surface area contributed by atoms with Crippen LogP contribution in [0.3, 0.4) is 0 Å². The quantitative estimate of drug-likeness (QED) is 0.813. The van der Waals surface area contributed by atoms with E-state index in [9.17, 15) is 0 Å². The first-order chi connectivity index (χ1) is 7.27. The second-order valence-electron chi connectivity index (χ2n) is 4.03. The third-order valence-corrected chi connectivity index (χ3v) is 3.20. The average molecular weight is 226 g/mol. The lowest BCUT2D eigenvalue weighted by atomic mass is 9.91. The maximum absolute atomic E-state index is 6.04. The topological polar surface area (TPSA) is 50.9 Å². The summed E-state index contributed by atoms with van der Waals surface area (Å²) in [6.45, 7) is 0. The molecule has 2 atom stereocenters. The van der Waals surface area contributed by atoms with Crippen molar-refractivity contribution in [1.29, 1.82) is 0 Å². The Balaban J connectivity index is 2.04. The van der Waals surface area contributed by atoms with Crippen LogP contribution in [0.5, 0.6) is 0 Å². The molecule has 0 aliphatic heterocycles. The number of nitrogens with zero attached hydrogens (tertiary/aromatic N) is 1. The first kappa shape index (κ1) is 10.7. The Labute approximate surface area is 95.0 Å². The molecule has 1 aliphatic carbocycles. The van der Waals surface area contributed by atoms with Gasteiger partial charge in [0.15, 0.2) is 0 Å². The number of hydrogen-bond acceptors (Lipinski definition) is 3. The SMILES string of the molecule is NC1CCCCC1Nc1ncccc1Cl. The van der Waals surface area contributed by atoms with Gasteiger partial charge in [-0.3, -0.25) is 0 Å². The third kappa shape index (κ3) is 2.61. The standard InChI is InChI=1S/C11H16ClN3/c12-8-4-3-7-14-11(8)15-10-6-2-1-5-9(10)13/h3-4,7,9-10H,1-2,5-6,13H2,(H,14,15). The van der Waals surface area contributed by atoms with E-state index in [0.29, 0.717) is 11.1 Å². The van der Waals surface area contributed by atoms with E-state index < -0.39 is 0 Å². The molecule has 0 saturated heterocycles. The summed E-state index contributed by atoms with van der Waals surface area (Å²) >= 11 is 6.03. The minimum absolute atomic E-state index is 0.219. The minimum Gasteiger partial charge on any atom is -0.365 e. The van der Waals surface area contributed by atoms with Crippen LogP contribution in [-0.2, 0) is 0 Å². The second kappa shape index (κ2) is 4.81. The number of nitrogens with two attached hydrogens (primary N) is 1. The van der Waals surface area contributed by atoms with Crippen molar-refractivity contribution in [3.05, 3.63) is 23.4 Å². The molecule has 2 unspecified atom stereocenters. The van der Waals surface area contributed by atoms with Gasteiger partial charge in [-0.1, -0.05) is 24.4 Å². The zero-order valence-electron chi connectivity index (χ0n) is 8.62. The molecule has 0 amide bonds. The summed E-state index contributed by atoms with van der Waals surface area (Å²) in [5.41, 5.74) is 6.04. The Bertz CT molecular complexity index is 329. The molecule has 0 spiro atoms. The van der Waals surface area contributed by atoms with E-state index in [4.69, 9.17) is 17.3 Å². The number of hydrogen-bond donors (Lipinski definition) is 2. The third-order valence-electron chi connectivity index (χ3n) is 2.90. The van der Waals surface area contributed by atoms with Crippen LogP contribution in [-0.4, -0.2) is 17.1 Å². The van der Waals surface area contributed by atoms with Crippen LogP contribution >= 0.6 is 11.6 Å². The average Bonchev–Trinajstić information content (AvgIpc) is 2.24. The van der Waals surface area contributed by atoms with Crippen LogP contribution in [0.25, 0.3) is 0 Å². The summed E-state index contributed by atoms with van der Waals surface area (Å²) in [5, 5.41) is 3.99. The van der Waals surface area contributed by atoms with Gasteiger partial charge in [-0.15, -0.1) is 0 Å². The van der Waals surface area contributed by atoms with Gasteiger partial charge in [-0.25, -0.2) is 4.98 Å². The van der Waals surface area contributed by atoms with E-state index in [1.54, 1.807) is 6.20 Å². The fraction of sp³-hybridized carbons (Fsp3) is 0.545. The highest BCUT2D eigenvalue weighted by atomic mass is 35.5. The number of nitrogens with one attached hydrogen (secondary N) is 1. The summed E-state index contributed by atoms with van der Waals surface area (Å²) in [4.78, 5) is 4.21. The van der Waals surface area contributed by atoms with Crippen LogP contribution in [0.2, 0.25) is 5.02 Å². The molecule has 15 heavy (non-hydrogen) atoms. The smallest absolute Gasteiger partial charge is 0.145 e. The molecule has 82 valence electrons. The Morgan fingerprint density at radius 3 is 2.93 bits per heavy atom. The van der Waals surface area contributed by atoms with Crippen molar-refractivity contribution < 1.29 is 0 Å². The lowest BCUT2D eigenvalue weighted by Gasteiger charge is -2.29. The van der Waals surface area contributed by atoms with Crippen LogP contribution in [0.4, 0.5) is 5.82 Å². The fourth-order valence-electron chi connectivity index (χ4n) is 2.01. The molecule has 1 aromatic heterocycles. The van der Waals surface area contributed by atoms with Crippen LogP contribution < -0.4 is 11.1 Å². The fourth-order valence-corrected chi connectivity index (χ4v) is 2.18. The van der Waals surface area contributed by atoms with Gasteiger partial charge in [0.05, 0.1) is 5.02 Å². The number of pyridine rings is 1. The highest BCUT2D eigenvalue weighted by molar-refractivity contribution is 6.32. The summed E-state index contributed by atoms with van der Waals surface area (Å²) in [6, 6.07) is 4.20. The maximum atomic E-state index is 6.04. The van der Waals surface area contributed by atoms with E-state index in [2.05, 4.69) is 10.3 Å². The Hall–Kier alpha value is -0.800. The maximum Gasteiger partial charge on any atom is 0.145 e. The van der Waals surface area contributed by atoms with Crippen LogP contribution in [0, 0.1) is 0 Å². The van der Waals surface area contributed by atoms with Crippen molar-refractivity contribution in [1.82, 2.24) is 4.98 Å². The van der Waals surface area contributed by atoms with Crippen molar-refractivity contribution in [2.45, 2.75) is 37.8 Å². The summed E-state index contributed by atoms with van der Waals surface area (Å²) < 4.78 is 0. The van der Waals surface area contributed by atoms with Crippen molar-refractivity contribution in [2.75, 3.05) is 5.32 Å². The van der Waals surface area contributed by atoms with E-state index >= 15 is 0 Å². The normalized spacial score (nSPS) is 26.3. The van der Waals surface area contributed by atoms with Gasteiger partial charge in [-0.05, 0) is 25.0 Å². The van der Waals surface area contributed by atoms with Crippen molar-refractivity contribution in [3.8, 4) is 0 Å². The summed E-state index contributed by atoms with van der Waals surface area (Å²) in [5.74, 6) is 0.751. The van der Waals surface area contributed by atoms with Crippen molar-refractivity contribution >= 4 is 17.4 Å². The Morgan fingerprint density at radius 2 is 2.20 bits per heavy atom. The van der Waals surface area contributed by atoms with E-state index in [0.717, 1.165) is 18.7 Å². The molecule has 3 nitrogen and oxygen atoms in total. The van der Waals surface area contributed by atoms with Gasteiger partial charge in [0.2, 0.25) is 0 Å². The van der Waals surface area contributed by atoms with E-state index in [-0.39, 0.29) is 6.04 Å². The van der Waals surface area contributed by atoms with Crippen molar-refractivity contribution in [2.24, 2.45) is 5.73 Å². The van der Waals surface area contributed by atoms with Crippen LogP contribution in [0.1, 0.15) is 25.7 Å². The van der Waals surface area contributed by atoms with Gasteiger partial charge in [0.25, 0.3) is 0 Å². The molecule has 1 aromatic rings. The molecule has 1 saturated carbocycles. The van der Waals surface area contributed by atoms with Gasteiger partial charge < -0.3 is 11.1 Å².